The summed E-state index contributed by atoms with van der Waals surface area (Å²) in [6, 6.07) is 5.78. The Morgan fingerprint density at radius 2 is 2.08 bits per heavy atom. The molecule has 2 heteroatoms. The van der Waals surface area contributed by atoms with Gasteiger partial charge in [0.1, 0.15) is 5.76 Å². The summed E-state index contributed by atoms with van der Waals surface area (Å²) in [5, 5.41) is 0. The molecule has 0 aromatic carbocycles. The lowest BCUT2D eigenvalue weighted by Gasteiger charge is -1.85. The van der Waals surface area contributed by atoms with Crippen LogP contribution >= 0.6 is 0 Å². The van der Waals surface area contributed by atoms with Crippen molar-refractivity contribution in [3.63, 3.8) is 0 Å². The third-order valence-corrected chi connectivity index (χ3v) is 1.40. The van der Waals surface area contributed by atoms with Crippen LogP contribution in [0.3, 0.4) is 0 Å². The Morgan fingerprint density at radius 3 is 2.58 bits per heavy atom. The molecule has 0 saturated carbocycles. The first-order valence-electron chi connectivity index (χ1n) is 4.13. The standard InChI is InChI=1S/C8H7NO.C2H6/c1-2-8(10-5-1)7-3-4-9-6-7;1-2/h1-6,9H;1-2H3. The van der Waals surface area contributed by atoms with Crippen molar-refractivity contribution in [3.8, 4) is 11.3 Å². The van der Waals surface area contributed by atoms with E-state index in [1.807, 2.05) is 44.4 Å². The van der Waals surface area contributed by atoms with Gasteiger partial charge in [0.05, 0.1) is 6.26 Å². The normalized spacial score (nSPS) is 8.83. The van der Waals surface area contributed by atoms with Crippen LogP contribution in [0, 0.1) is 0 Å². The second-order valence-corrected chi connectivity index (χ2v) is 2.08. The Kier molecular flexibility index (Phi) is 3.20. The lowest BCUT2D eigenvalue weighted by atomic mass is 10.3. The van der Waals surface area contributed by atoms with E-state index in [1.54, 1.807) is 6.26 Å². The van der Waals surface area contributed by atoms with Crippen LogP contribution in [-0.4, -0.2) is 4.98 Å². The first-order chi connectivity index (χ1) is 5.97. The van der Waals surface area contributed by atoms with E-state index in [2.05, 4.69) is 4.98 Å². The zero-order valence-electron chi connectivity index (χ0n) is 7.37. The first kappa shape index (κ1) is 8.65. The number of aromatic amines is 1. The van der Waals surface area contributed by atoms with Gasteiger partial charge in [-0.1, -0.05) is 13.8 Å². The van der Waals surface area contributed by atoms with E-state index in [4.69, 9.17) is 4.42 Å². The van der Waals surface area contributed by atoms with Gasteiger partial charge in [0.25, 0.3) is 0 Å². The molecule has 64 valence electrons. The Morgan fingerprint density at radius 1 is 1.25 bits per heavy atom. The molecule has 2 heterocycles. The molecule has 2 aromatic heterocycles. The van der Waals surface area contributed by atoms with Crippen molar-refractivity contribution in [2.24, 2.45) is 0 Å². The van der Waals surface area contributed by atoms with Crippen LogP contribution in [0.5, 0.6) is 0 Å². The summed E-state index contributed by atoms with van der Waals surface area (Å²) in [7, 11) is 0. The molecule has 2 rings (SSSR count). The minimum atomic E-state index is 0.904. The second-order valence-electron chi connectivity index (χ2n) is 2.08. The highest BCUT2D eigenvalue weighted by Crippen LogP contribution is 2.17. The Bertz CT molecular complexity index is 249. The minimum Gasteiger partial charge on any atom is -0.464 e. The smallest absolute Gasteiger partial charge is 0.135 e. The SMILES string of the molecule is CC.c1coc(-c2cc[nH]c2)c1. The van der Waals surface area contributed by atoms with Crippen LogP contribution in [0.4, 0.5) is 0 Å². The van der Waals surface area contributed by atoms with Gasteiger partial charge in [-0.2, -0.15) is 0 Å². The molecule has 0 radical (unpaired) electrons. The molecule has 12 heavy (non-hydrogen) atoms. The Hall–Kier alpha value is -1.44. The fourth-order valence-electron chi connectivity index (χ4n) is 0.920. The molecule has 0 amide bonds. The molecular formula is C10H13NO. The van der Waals surface area contributed by atoms with Gasteiger partial charge in [0.15, 0.2) is 0 Å². The molecule has 0 aliphatic carbocycles. The predicted molar refractivity (Wildman–Crippen MR) is 49.8 cm³/mol. The maximum absolute atomic E-state index is 5.16. The molecule has 0 unspecified atom stereocenters. The van der Waals surface area contributed by atoms with Gasteiger partial charge >= 0.3 is 0 Å². The lowest BCUT2D eigenvalue weighted by molar-refractivity contribution is 0.582. The van der Waals surface area contributed by atoms with Crippen LogP contribution in [0.1, 0.15) is 13.8 Å². The monoisotopic (exact) mass is 163 g/mol. The maximum atomic E-state index is 5.16. The molecule has 0 aliphatic rings. The summed E-state index contributed by atoms with van der Waals surface area (Å²) in [6.07, 6.45) is 5.44. The summed E-state index contributed by atoms with van der Waals surface area (Å²) >= 11 is 0. The van der Waals surface area contributed by atoms with E-state index >= 15 is 0 Å². The Labute approximate surface area is 72.2 Å². The maximum Gasteiger partial charge on any atom is 0.135 e. The third-order valence-electron chi connectivity index (χ3n) is 1.40. The largest absolute Gasteiger partial charge is 0.464 e. The van der Waals surface area contributed by atoms with Gasteiger partial charge < -0.3 is 9.40 Å². The molecule has 0 fully saturated rings. The number of nitrogens with one attached hydrogen (secondary N) is 1. The van der Waals surface area contributed by atoms with Crippen molar-refractivity contribution in [2.75, 3.05) is 0 Å². The molecular weight excluding hydrogens is 150 g/mol. The highest BCUT2D eigenvalue weighted by molar-refractivity contribution is 5.55. The van der Waals surface area contributed by atoms with Gasteiger partial charge in [-0.25, -0.2) is 0 Å². The Balaban J connectivity index is 0.000000336. The molecule has 2 nitrogen and oxygen atoms in total. The first-order valence-corrected chi connectivity index (χ1v) is 4.13. The summed E-state index contributed by atoms with van der Waals surface area (Å²) in [5.41, 5.74) is 1.09. The summed E-state index contributed by atoms with van der Waals surface area (Å²) in [6.45, 7) is 4.00. The fraction of sp³-hybridized carbons (Fsp3) is 0.200. The molecule has 0 bridgehead atoms. The van der Waals surface area contributed by atoms with Crippen molar-refractivity contribution in [1.82, 2.24) is 4.98 Å². The van der Waals surface area contributed by atoms with Crippen molar-refractivity contribution in [1.29, 1.82) is 0 Å². The molecule has 0 saturated heterocycles. The minimum absolute atomic E-state index is 0.904. The average Bonchev–Trinajstić information content (AvgIpc) is 2.80. The van der Waals surface area contributed by atoms with Gasteiger partial charge in [0.2, 0.25) is 0 Å². The predicted octanol–water partition coefficient (Wildman–Crippen LogP) is 3.30. The van der Waals surface area contributed by atoms with Gasteiger partial charge in [-0.05, 0) is 18.2 Å². The summed E-state index contributed by atoms with van der Waals surface area (Å²) in [5.74, 6) is 0.904. The fourth-order valence-corrected chi connectivity index (χ4v) is 0.920. The average molecular weight is 163 g/mol. The van der Waals surface area contributed by atoms with Crippen LogP contribution in [0.2, 0.25) is 0 Å². The third kappa shape index (κ3) is 1.78. The number of hydrogen-bond acceptors (Lipinski definition) is 1. The van der Waals surface area contributed by atoms with E-state index in [9.17, 15) is 0 Å². The van der Waals surface area contributed by atoms with Gasteiger partial charge in [-0.15, -0.1) is 0 Å². The lowest BCUT2D eigenvalue weighted by Crippen LogP contribution is -1.62. The van der Waals surface area contributed by atoms with Crippen LogP contribution in [0.15, 0.2) is 41.3 Å². The van der Waals surface area contributed by atoms with Crippen molar-refractivity contribution in [3.05, 3.63) is 36.9 Å². The van der Waals surface area contributed by atoms with E-state index in [0.29, 0.717) is 0 Å². The van der Waals surface area contributed by atoms with Crippen LogP contribution in [-0.2, 0) is 0 Å². The number of rotatable bonds is 1. The summed E-state index contributed by atoms with van der Waals surface area (Å²) < 4.78 is 5.16. The van der Waals surface area contributed by atoms with Crippen molar-refractivity contribution in [2.45, 2.75) is 13.8 Å². The number of aromatic nitrogens is 1. The second kappa shape index (κ2) is 4.44. The van der Waals surface area contributed by atoms with Crippen molar-refractivity contribution >= 4 is 0 Å². The van der Waals surface area contributed by atoms with E-state index in [-0.39, 0.29) is 0 Å². The highest BCUT2D eigenvalue weighted by atomic mass is 16.3. The van der Waals surface area contributed by atoms with Crippen LogP contribution < -0.4 is 0 Å². The van der Waals surface area contributed by atoms with Crippen molar-refractivity contribution < 1.29 is 4.42 Å². The van der Waals surface area contributed by atoms with E-state index < -0.39 is 0 Å². The molecule has 0 spiro atoms. The van der Waals surface area contributed by atoms with E-state index in [0.717, 1.165) is 11.3 Å². The zero-order chi connectivity index (χ0) is 8.81. The molecule has 0 aliphatic heterocycles. The topological polar surface area (TPSA) is 28.9 Å². The number of furan rings is 1. The molecule has 2 aromatic rings. The highest BCUT2D eigenvalue weighted by Gasteiger charge is 1.97. The zero-order valence-corrected chi connectivity index (χ0v) is 7.37. The van der Waals surface area contributed by atoms with Gasteiger partial charge in [-0.3, -0.25) is 0 Å². The van der Waals surface area contributed by atoms with Crippen LogP contribution in [0.25, 0.3) is 11.3 Å². The quantitative estimate of drug-likeness (QED) is 0.686. The van der Waals surface area contributed by atoms with E-state index in [1.165, 1.54) is 0 Å². The summed E-state index contributed by atoms with van der Waals surface area (Å²) in [4.78, 5) is 2.96. The molecule has 1 N–H and O–H groups in total. The number of hydrogen-bond donors (Lipinski definition) is 1. The van der Waals surface area contributed by atoms with Gasteiger partial charge in [0, 0.05) is 18.0 Å². The number of H-pyrrole nitrogens is 1. The molecule has 0 atom stereocenters.